The molecule has 0 radical (unpaired) electrons. The van der Waals surface area contributed by atoms with Gasteiger partial charge in [0.05, 0.1) is 18.2 Å². The Morgan fingerprint density at radius 3 is 2.69 bits per heavy atom. The molecule has 0 amide bonds. The van der Waals surface area contributed by atoms with Crippen molar-refractivity contribution in [1.82, 2.24) is 9.55 Å². The topological polar surface area (TPSA) is 43.8 Å². The molecule has 0 aliphatic carbocycles. The van der Waals surface area contributed by atoms with E-state index >= 15 is 0 Å². The molecule has 0 aliphatic rings. The van der Waals surface area contributed by atoms with Crippen molar-refractivity contribution >= 4 is 11.6 Å². The molecule has 0 aliphatic heterocycles. The highest BCUT2D eigenvalue weighted by Gasteiger charge is 2.04. The third kappa shape index (κ3) is 2.43. The lowest BCUT2D eigenvalue weighted by Gasteiger charge is -2.07. The molecule has 3 nitrogen and oxygen atoms in total. The van der Waals surface area contributed by atoms with Crippen molar-refractivity contribution in [2.45, 2.75) is 13.0 Å². The van der Waals surface area contributed by atoms with E-state index in [2.05, 4.69) is 9.55 Å². The number of benzene rings is 1. The summed E-state index contributed by atoms with van der Waals surface area (Å²) >= 11 is 5.86. The fourth-order valence-corrected chi connectivity index (χ4v) is 1.75. The molecule has 1 heterocycles. The van der Waals surface area contributed by atoms with Crippen LogP contribution in [0.15, 0.2) is 36.8 Å². The van der Waals surface area contributed by atoms with Gasteiger partial charge in [-0.3, -0.25) is 0 Å². The van der Waals surface area contributed by atoms with Crippen LogP contribution in [0.1, 0.15) is 6.42 Å². The smallest absolute Gasteiger partial charge is 0.0950 e. The zero-order valence-electron chi connectivity index (χ0n) is 8.94. The fraction of sp³-hybridized carbons (Fsp3) is 0.250. The summed E-state index contributed by atoms with van der Waals surface area (Å²) in [5.74, 6) is 0. The molecule has 4 heteroatoms. The van der Waals surface area contributed by atoms with Gasteiger partial charge in [-0.2, -0.15) is 0 Å². The second-order valence-electron chi connectivity index (χ2n) is 3.62. The van der Waals surface area contributed by atoms with Gasteiger partial charge in [0.25, 0.3) is 0 Å². The van der Waals surface area contributed by atoms with Crippen molar-refractivity contribution in [2.24, 2.45) is 5.73 Å². The van der Waals surface area contributed by atoms with E-state index in [1.54, 1.807) is 0 Å². The number of nitrogens with zero attached hydrogens (tertiary/aromatic N) is 2. The molecule has 2 rings (SSSR count). The molecule has 0 fully saturated rings. The molecule has 0 bridgehead atoms. The number of nitrogens with two attached hydrogens (primary N) is 1. The predicted molar refractivity (Wildman–Crippen MR) is 66.3 cm³/mol. The quantitative estimate of drug-likeness (QED) is 0.885. The fourth-order valence-electron chi connectivity index (χ4n) is 1.62. The normalized spacial score (nSPS) is 10.6. The van der Waals surface area contributed by atoms with E-state index in [-0.39, 0.29) is 0 Å². The Hall–Kier alpha value is -1.32. The molecule has 0 unspecified atom stereocenters. The lowest BCUT2D eigenvalue weighted by molar-refractivity contribution is 0.655. The third-order valence-electron chi connectivity index (χ3n) is 2.46. The maximum Gasteiger partial charge on any atom is 0.0950 e. The Bertz CT molecular complexity index is 448. The minimum atomic E-state index is 0.693. The zero-order chi connectivity index (χ0) is 11.4. The van der Waals surface area contributed by atoms with Gasteiger partial charge in [-0.15, -0.1) is 0 Å². The summed E-state index contributed by atoms with van der Waals surface area (Å²) < 4.78 is 2.11. The van der Waals surface area contributed by atoms with Crippen LogP contribution in [-0.4, -0.2) is 16.1 Å². The summed E-state index contributed by atoms with van der Waals surface area (Å²) in [6.07, 6.45) is 4.65. The van der Waals surface area contributed by atoms with Gasteiger partial charge in [-0.05, 0) is 30.7 Å². The van der Waals surface area contributed by atoms with Crippen LogP contribution < -0.4 is 5.73 Å². The largest absolute Gasteiger partial charge is 0.331 e. The number of hydrogen-bond donors (Lipinski definition) is 1. The van der Waals surface area contributed by atoms with Crippen LogP contribution in [-0.2, 0) is 6.54 Å². The minimum Gasteiger partial charge on any atom is -0.331 e. The Balaban J connectivity index is 2.26. The second kappa shape index (κ2) is 5.14. The van der Waals surface area contributed by atoms with E-state index in [1.807, 2.05) is 36.8 Å². The maximum atomic E-state index is 5.86. The number of hydrogen-bond acceptors (Lipinski definition) is 2. The first-order chi connectivity index (χ1) is 7.81. The average molecular weight is 236 g/mol. The molecule has 2 aromatic rings. The van der Waals surface area contributed by atoms with E-state index in [0.717, 1.165) is 29.2 Å². The van der Waals surface area contributed by atoms with E-state index in [1.165, 1.54) is 0 Å². The third-order valence-corrected chi connectivity index (χ3v) is 2.71. The predicted octanol–water partition coefficient (Wildman–Crippen LogP) is 2.55. The highest BCUT2D eigenvalue weighted by Crippen LogP contribution is 2.21. The summed E-state index contributed by atoms with van der Waals surface area (Å²) in [6, 6.07) is 7.77. The molecule has 0 saturated carbocycles. The van der Waals surface area contributed by atoms with Crippen molar-refractivity contribution in [2.75, 3.05) is 6.54 Å². The van der Waals surface area contributed by atoms with Crippen molar-refractivity contribution in [1.29, 1.82) is 0 Å². The van der Waals surface area contributed by atoms with Crippen LogP contribution in [0.5, 0.6) is 0 Å². The van der Waals surface area contributed by atoms with E-state index in [0.29, 0.717) is 6.54 Å². The van der Waals surface area contributed by atoms with Gasteiger partial charge in [0.15, 0.2) is 0 Å². The summed E-state index contributed by atoms with van der Waals surface area (Å²) in [5.41, 5.74) is 7.73. The van der Waals surface area contributed by atoms with Crippen LogP contribution in [0, 0.1) is 0 Å². The van der Waals surface area contributed by atoms with Gasteiger partial charge in [-0.1, -0.05) is 23.7 Å². The molecule has 2 N–H and O–H groups in total. The monoisotopic (exact) mass is 235 g/mol. The Morgan fingerprint density at radius 1 is 1.25 bits per heavy atom. The summed E-state index contributed by atoms with van der Waals surface area (Å²) in [5, 5.41) is 0.747. The standard InChI is InChI=1S/C12H14ClN3/c13-11-4-2-10(3-5-11)12-8-15-9-16(12)7-1-6-14/h2-5,8-9H,1,6-7,14H2. The SMILES string of the molecule is NCCCn1cncc1-c1ccc(Cl)cc1. The average Bonchev–Trinajstić information content (AvgIpc) is 2.75. The van der Waals surface area contributed by atoms with Gasteiger partial charge in [0.2, 0.25) is 0 Å². The summed E-state index contributed by atoms with van der Waals surface area (Å²) in [6.45, 7) is 1.59. The number of halogens is 1. The zero-order valence-corrected chi connectivity index (χ0v) is 9.69. The van der Waals surface area contributed by atoms with Crippen molar-refractivity contribution in [3.05, 3.63) is 41.8 Å². The molecule has 1 aromatic carbocycles. The highest BCUT2D eigenvalue weighted by atomic mass is 35.5. The molecule has 0 atom stereocenters. The molecular formula is C12H14ClN3. The molecule has 0 saturated heterocycles. The van der Waals surface area contributed by atoms with Gasteiger partial charge in [-0.25, -0.2) is 4.98 Å². The van der Waals surface area contributed by atoms with Crippen molar-refractivity contribution in [3.8, 4) is 11.3 Å². The van der Waals surface area contributed by atoms with Gasteiger partial charge < -0.3 is 10.3 Å². The van der Waals surface area contributed by atoms with Gasteiger partial charge in [0, 0.05) is 11.6 Å². The van der Waals surface area contributed by atoms with E-state index in [4.69, 9.17) is 17.3 Å². The summed E-state index contributed by atoms with van der Waals surface area (Å²) in [7, 11) is 0. The first-order valence-electron chi connectivity index (χ1n) is 5.27. The molecular weight excluding hydrogens is 222 g/mol. The summed E-state index contributed by atoms with van der Waals surface area (Å²) in [4.78, 5) is 4.16. The van der Waals surface area contributed by atoms with Crippen LogP contribution in [0.3, 0.4) is 0 Å². The van der Waals surface area contributed by atoms with Crippen LogP contribution in [0.25, 0.3) is 11.3 Å². The van der Waals surface area contributed by atoms with Crippen molar-refractivity contribution in [3.63, 3.8) is 0 Å². The Morgan fingerprint density at radius 2 is 2.00 bits per heavy atom. The Kier molecular flexibility index (Phi) is 3.59. The van der Waals surface area contributed by atoms with E-state index < -0.39 is 0 Å². The molecule has 0 spiro atoms. The second-order valence-corrected chi connectivity index (χ2v) is 4.06. The van der Waals surface area contributed by atoms with Gasteiger partial charge >= 0.3 is 0 Å². The first kappa shape index (κ1) is 11.2. The lowest BCUT2D eigenvalue weighted by atomic mass is 10.1. The molecule has 1 aromatic heterocycles. The first-order valence-corrected chi connectivity index (χ1v) is 5.65. The van der Waals surface area contributed by atoms with Crippen LogP contribution in [0.4, 0.5) is 0 Å². The van der Waals surface area contributed by atoms with Gasteiger partial charge in [0.1, 0.15) is 0 Å². The highest BCUT2D eigenvalue weighted by molar-refractivity contribution is 6.30. The molecule has 84 valence electrons. The number of aryl methyl sites for hydroxylation is 1. The van der Waals surface area contributed by atoms with Crippen molar-refractivity contribution < 1.29 is 0 Å². The molecule has 16 heavy (non-hydrogen) atoms. The van der Waals surface area contributed by atoms with Crippen LogP contribution >= 0.6 is 11.6 Å². The van der Waals surface area contributed by atoms with E-state index in [9.17, 15) is 0 Å². The minimum absolute atomic E-state index is 0.693. The Labute approximate surface area is 99.9 Å². The number of imidazole rings is 1. The lowest BCUT2D eigenvalue weighted by Crippen LogP contribution is -2.05. The number of aromatic nitrogens is 2. The number of rotatable bonds is 4. The maximum absolute atomic E-state index is 5.86. The van der Waals surface area contributed by atoms with Crippen LogP contribution in [0.2, 0.25) is 5.02 Å².